The highest BCUT2D eigenvalue weighted by Crippen LogP contribution is 2.35. The lowest BCUT2D eigenvalue weighted by atomic mass is 10.1. The lowest BCUT2D eigenvalue weighted by Crippen LogP contribution is -2.13. The third kappa shape index (κ3) is 3.46. The maximum Gasteiger partial charge on any atom is 0.147 e. The summed E-state index contributed by atoms with van der Waals surface area (Å²) in [5.74, 6) is 6.50. The first-order valence-corrected chi connectivity index (χ1v) is 7.47. The minimum absolute atomic E-state index is 0.296. The van der Waals surface area contributed by atoms with Crippen molar-refractivity contribution in [1.82, 2.24) is 9.97 Å². The number of nitrogen functional groups attached to an aromatic ring is 1. The molecule has 0 aliphatic rings. The predicted molar refractivity (Wildman–Crippen MR) is 82.2 cm³/mol. The van der Waals surface area contributed by atoms with Crippen molar-refractivity contribution in [3.63, 3.8) is 0 Å². The van der Waals surface area contributed by atoms with Crippen molar-refractivity contribution in [2.45, 2.75) is 29.7 Å². The summed E-state index contributed by atoms with van der Waals surface area (Å²) < 4.78 is 1.06. The van der Waals surface area contributed by atoms with Gasteiger partial charge in [0.15, 0.2) is 0 Å². The molecule has 3 N–H and O–H groups in total. The van der Waals surface area contributed by atoms with E-state index >= 15 is 0 Å². The number of halogens is 1. The third-order valence-electron chi connectivity index (χ3n) is 2.59. The van der Waals surface area contributed by atoms with E-state index in [1.165, 1.54) is 6.33 Å². The zero-order chi connectivity index (χ0) is 13.8. The Bertz CT molecular complexity index is 557. The van der Waals surface area contributed by atoms with Crippen LogP contribution in [-0.4, -0.2) is 9.97 Å². The molecule has 4 nitrogen and oxygen atoms in total. The number of nitrogens with two attached hydrogens (primary N) is 1. The van der Waals surface area contributed by atoms with Gasteiger partial charge in [0.2, 0.25) is 0 Å². The van der Waals surface area contributed by atoms with Crippen molar-refractivity contribution in [2.24, 2.45) is 5.84 Å². The van der Waals surface area contributed by atoms with Gasteiger partial charge in [-0.3, -0.25) is 0 Å². The quantitative estimate of drug-likeness (QED) is 0.504. The molecule has 0 radical (unpaired) electrons. The van der Waals surface area contributed by atoms with Crippen LogP contribution in [0, 0.1) is 0 Å². The van der Waals surface area contributed by atoms with Gasteiger partial charge < -0.3 is 5.43 Å². The Morgan fingerprint density at radius 2 is 1.89 bits per heavy atom. The van der Waals surface area contributed by atoms with Crippen molar-refractivity contribution < 1.29 is 0 Å². The summed E-state index contributed by atoms with van der Waals surface area (Å²) in [5, 5.41) is 0.931. The number of nitrogens with one attached hydrogen (secondary N) is 1. The second-order valence-electron chi connectivity index (χ2n) is 4.30. The fourth-order valence-electron chi connectivity index (χ4n) is 1.71. The number of hydrazine groups is 1. The summed E-state index contributed by atoms with van der Waals surface area (Å²) in [5.41, 5.74) is 3.68. The van der Waals surface area contributed by atoms with Crippen molar-refractivity contribution in [1.29, 1.82) is 0 Å². The van der Waals surface area contributed by atoms with Crippen LogP contribution >= 0.6 is 27.7 Å². The summed E-state index contributed by atoms with van der Waals surface area (Å²) in [6.45, 7) is 4.20. The zero-order valence-electron chi connectivity index (χ0n) is 10.7. The first-order chi connectivity index (χ1) is 9.11. The molecule has 0 unspecified atom stereocenters. The number of nitrogens with zero attached hydrogens (tertiary/aromatic N) is 2. The highest BCUT2D eigenvalue weighted by atomic mass is 79.9. The minimum Gasteiger partial charge on any atom is -0.308 e. The van der Waals surface area contributed by atoms with Crippen LogP contribution in [0.2, 0.25) is 0 Å². The van der Waals surface area contributed by atoms with E-state index in [9.17, 15) is 0 Å². The Balaban J connectivity index is 2.36. The Kier molecular flexibility index (Phi) is 4.79. The molecule has 1 aromatic heterocycles. The van der Waals surface area contributed by atoms with Crippen molar-refractivity contribution in [3.8, 4) is 0 Å². The standard InChI is InChI=1S/C13H15BrN4S/c1-8(2)11-12(18-15)16-7-17-13(11)19-10-5-3-9(14)4-6-10/h3-8H,15H2,1-2H3,(H,16,17,18). The highest BCUT2D eigenvalue weighted by molar-refractivity contribution is 9.10. The molecule has 19 heavy (non-hydrogen) atoms. The van der Waals surface area contributed by atoms with E-state index < -0.39 is 0 Å². The van der Waals surface area contributed by atoms with Crippen LogP contribution in [0.4, 0.5) is 5.82 Å². The van der Waals surface area contributed by atoms with E-state index in [0.717, 1.165) is 20.0 Å². The first kappa shape index (κ1) is 14.3. The molecular formula is C13H15BrN4S. The van der Waals surface area contributed by atoms with Crippen LogP contribution in [0.3, 0.4) is 0 Å². The molecule has 1 heterocycles. The molecule has 2 aromatic rings. The molecule has 100 valence electrons. The van der Waals surface area contributed by atoms with E-state index in [-0.39, 0.29) is 0 Å². The van der Waals surface area contributed by atoms with Gasteiger partial charge in [-0.1, -0.05) is 41.5 Å². The normalized spacial score (nSPS) is 10.8. The van der Waals surface area contributed by atoms with Gasteiger partial charge in [-0.25, -0.2) is 15.8 Å². The van der Waals surface area contributed by atoms with E-state index in [0.29, 0.717) is 11.7 Å². The lowest BCUT2D eigenvalue weighted by molar-refractivity contribution is 0.804. The smallest absolute Gasteiger partial charge is 0.147 e. The predicted octanol–water partition coefficient (Wildman–Crippen LogP) is 3.80. The molecule has 0 fully saturated rings. The van der Waals surface area contributed by atoms with E-state index in [1.54, 1.807) is 11.8 Å². The summed E-state index contributed by atoms with van der Waals surface area (Å²) in [6.07, 6.45) is 1.53. The number of hydrogen-bond acceptors (Lipinski definition) is 5. The molecule has 6 heteroatoms. The van der Waals surface area contributed by atoms with Gasteiger partial charge in [-0.2, -0.15) is 0 Å². The maximum absolute atomic E-state index is 5.51. The fourth-order valence-corrected chi connectivity index (χ4v) is 3.01. The average molecular weight is 339 g/mol. The van der Waals surface area contributed by atoms with Gasteiger partial charge in [-0.15, -0.1) is 0 Å². The summed E-state index contributed by atoms with van der Waals surface area (Å²) in [7, 11) is 0. The molecule has 2 rings (SSSR count). The Morgan fingerprint density at radius 1 is 1.21 bits per heavy atom. The lowest BCUT2D eigenvalue weighted by Gasteiger charge is -2.14. The number of rotatable bonds is 4. The van der Waals surface area contributed by atoms with E-state index in [2.05, 4.69) is 57.3 Å². The SMILES string of the molecule is CC(C)c1c(NN)ncnc1Sc1ccc(Br)cc1. The van der Waals surface area contributed by atoms with Gasteiger partial charge in [0, 0.05) is 14.9 Å². The second kappa shape index (κ2) is 6.36. The number of aromatic nitrogens is 2. The monoisotopic (exact) mass is 338 g/mol. The molecule has 0 saturated heterocycles. The first-order valence-electron chi connectivity index (χ1n) is 5.86. The molecule has 0 spiro atoms. The average Bonchev–Trinajstić information content (AvgIpc) is 2.40. The number of hydrogen-bond donors (Lipinski definition) is 2. The topological polar surface area (TPSA) is 63.8 Å². The maximum atomic E-state index is 5.51. The Hall–Kier alpha value is -1.11. The largest absolute Gasteiger partial charge is 0.308 e. The van der Waals surface area contributed by atoms with Crippen LogP contribution in [0.25, 0.3) is 0 Å². The van der Waals surface area contributed by atoms with Gasteiger partial charge in [0.25, 0.3) is 0 Å². The summed E-state index contributed by atoms with van der Waals surface area (Å²) in [4.78, 5) is 9.67. The fraction of sp³-hybridized carbons (Fsp3) is 0.231. The zero-order valence-corrected chi connectivity index (χ0v) is 13.1. The van der Waals surface area contributed by atoms with Crippen molar-refractivity contribution >= 4 is 33.5 Å². The molecule has 0 saturated carbocycles. The highest BCUT2D eigenvalue weighted by Gasteiger charge is 2.15. The third-order valence-corrected chi connectivity index (χ3v) is 4.14. The van der Waals surface area contributed by atoms with Gasteiger partial charge in [0.1, 0.15) is 17.2 Å². The molecule has 1 aromatic carbocycles. The van der Waals surface area contributed by atoms with Crippen LogP contribution in [0.1, 0.15) is 25.3 Å². The molecule has 0 aliphatic carbocycles. The molecule has 0 bridgehead atoms. The summed E-state index contributed by atoms with van der Waals surface area (Å²) in [6, 6.07) is 8.13. The molecule has 0 amide bonds. The van der Waals surface area contributed by atoms with Crippen LogP contribution in [0.15, 0.2) is 45.0 Å². The van der Waals surface area contributed by atoms with Crippen LogP contribution in [-0.2, 0) is 0 Å². The number of anilines is 1. The van der Waals surface area contributed by atoms with E-state index in [4.69, 9.17) is 5.84 Å². The Morgan fingerprint density at radius 3 is 2.47 bits per heavy atom. The number of benzene rings is 1. The molecule has 0 aliphatic heterocycles. The minimum atomic E-state index is 0.296. The van der Waals surface area contributed by atoms with Crippen molar-refractivity contribution in [3.05, 3.63) is 40.6 Å². The molecular weight excluding hydrogens is 324 g/mol. The second-order valence-corrected chi connectivity index (χ2v) is 6.27. The van der Waals surface area contributed by atoms with Gasteiger partial charge in [-0.05, 0) is 30.2 Å². The Labute approximate surface area is 125 Å². The van der Waals surface area contributed by atoms with Crippen LogP contribution < -0.4 is 11.3 Å². The van der Waals surface area contributed by atoms with Gasteiger partial charge in [0.05, 0.1) is 0 Å². The van der Waals surface area contributed by atoms with Gasteiger partial charge >= 0.3 is 0 Å². The van der Waals surface area contributed by atoms with E-state index in [1.807, 2.05) is 12.1 Å². The molecule has 0 atom stereocenters. The summed E-state index contributed by atoms with van der Waals surface area (Å²) >= 11 is 5.04. The van der Waals surface area contributed by atoms with Crippen molar-refractivity contribution in [2.75, 3.05) is 5.43 Å². The van der Waals surface area contributed by atoms with Crippen LogP contribution in [0.5, 0.6) is 0 Å².